The van der Waals surface area contributed by atoms with Crippen molar-refractivity contribution in [2.75, 3.05) is 27.4 Å². The Morgan fingerprint density at radius 2 is 1.23 bits per heavy atom. The van der Waals surface area contributed by atoms with Gasteiger partial charge in [0.2, 0.25) is 12.0 Å². The molecule has 2 fully saturated rings. The zero-order chi connectivity index (χ0) is 25.9. The highest BCUT2D eigenvalue weighted by atomic mass is 16.7. The van der Waals surface area contributed by atoms with Gasteiger partial charge in [0.25, 0.3) is 0 Å². The number of rotatable bonds is 9. The first-order valence-corrected chi connectivity index (χ1v) is 10.8. The zero-order valence-electron chi connectivity index (χ0n) is 19.1. The van der Waals surface area contributed by atoms with Crippen molar-refractivity contribution in [2.24, 2.45) is 0 Å². The van der Waals surface area contributed by atoms with Gasteiger partial charge in [-0.1, -0.05) is 0 Å². The molecule has 1 aromatic rings. The molecule has 0 saturated carbocycles. The fourth-order valence-corrected chi connectivity index (χ4v) is 3.80. The first-order chi connectivity index (χ1) is 16.7. The first-order valence-electron chi connectivity index (χ1n) is 10.8. The van der Waals surface area contributed by atoms with Gasteiger partial charge in [-0.25, -0.2) is 0 Å². The second kappa shape index (κ2) is 11.9. The summed E-state index contributed by atoms with van der Waals surface area (Å²) in [5.74, 6) is 0.270. The summed E-state index contributed by atoms with van der Waals surface area (Å²) in [7, 11) is 2.69. The molecular weight excluding hydrogens is 476 g/mol. The van der Waals surface area contributed by atoms with E-state index in [-0.39, 0.29) is 23.9 Å². The van der Waals surface area contributed by atoms with Crippen molar-refractivity contribution >= 4 is 0 Å². The molecule has 200 valence electrons. The van der Waals surface area contributed by atoms with E-state index in [0.717, 1.165) is 0 Å². The van der Waals surface area contributed by atoms with Crippen LogP contribution in [0.5, 0.6) is 17.2 Å². The minimum atomic E-state index is -1.73. The highest BCUT2D eigenvalue weighted by molar-refractivity contribution is 5.53. The van der Waals surface area contributed by atoms with Crippen molar-refractivity contribution in [1.29, 1.82) is 0 Å². The normalized spacial score (nSPS) is 37.7. The molecule has 0 bridgehead atoms. The number of ether oxygens (including phenoxy) is 6. The molecule has 14 heteroatoms. The molecule has 2 heterocycles. The minimum absolute atomic E-state index is 0.00607. The van der Waals surface area contributed by atoms with Crippen molar-refractivity contribution in [3.63, 3.8) is 0 Å². The summed E-state index contributed by atoms with van der Waals surface area (Å²) in [6.07, 6.45) is -15.6. The van der Waals surface area contributed by atoms with Crippen LogP contribution in [-0.2, 0) is 20.8 Å². The van der Waals surface area contributed by atoms with E-state index in [1.807, 2.05) is 0 Å². The third kappa shape index (κ3) is 5.79. The number of methoxy groups -OCH3 is 2. The van der Waals surface area contributed by atoms with Gasteiger partial charge in [-0.3, -0.25) is 0 Å². The Morgan fingerprint density at radius 3 is 1.74 bits per heavy atom. The zero-order valence-corrected chi connectivity index (χ0v) is 19.1. The molecule has 8 N–H and O–H groups in total. The van der Waals surface area contributed by atoms with Gasteiger partial charge in [0.15, 0.2) is 17.8 Å². The van der Waals surface area contributed by atoms with Crippen LogP contribution in [0.3, 0.4) is 0 Å². The molecule has 0 amide bonds. The Morgan fingerprint density at radius 1 is 0.714 bits per heavy atom. The highest BCUT2D eigenvalue weighted by Crippen LogP contribution is 2.40. The average molecular weight is 508 g/mol. The van der Waals surface area contributed by atoms with E-state index in [2.05, 4.69) is 0 Å². The molecule has 2 aliphatic heterocycles. The van der Waals surface area contributed by atoms with Crippen molar-refractivity contribution in [3.05, 3.63) is 17.7 Å². The molecule has 0 radical (unpaired) electrons. The summed E-state index contributed by atoms with van der Waals surface area (Å²) >= 11 is 0. The van der Waals surface area contributed by atoms with Crippen LogP contribution in [-0.4, -0.2) is 130 Å². The van der Waals surface area contributed by atoms with Crippen LogP contribution in [0.15, 0.2) is 12.1 Å². The van der Waals surface area contributed by atoms with E-state index in [1.54, 1.807) is 0 Å². The Balaban J connectivity index is 1.75. The summed E-state index contributed by atoms with van der Waals surface area (Å²) in [6, 6.07) is 2.94. The summed E-state index contributed by atoms with van der Waals surface area (Å²) in [6.45, 7) is -1.48. The van der Waals surface area contributed by atoms with Crippen LogP contribution in [0.2, 0.25) is 0 Å². The molecule has 0 spiro atoms. The van der Waals surface area contributed by atoms with Crippen molar-refractivity contribution < 1.29 is 69.3 Å². The molecule has 3 rings (SSSR count). The van der Waals surface area contributed by atoms with Crippen molar-refractivity contribution in [1.82, 2.24) is 0 Å². The number of aliphatic hydroxyl groups excluding tert-OH is 8. The van der Waals surface area contributed by atoms with Crippen LogP contribution < -0.4 is 14.2 Å². The largest absolute Gasteiger partial charge is 0.493 e. The lowest BCUT2D eigenvalue weighted by molar-refractivity contribution is -0.323. The fraction of sp³-hybridized carbons (Fsp3) is 0.714. The smallest absolute Gasteiger partial charge is 0.229 e. The fourth-order valence-electron chi connectivity index (χ4n) is 3.80. The second-order valence-corrected chi connectivity index (χ2v) is 8.15. The molecule has 0 unspecified atom stereocenters. The van der Waals surface area contributed by atoms with Crippen LogP contribution in [0.25, 0.3) is 0 Å². The molecule has 1 aromatic carbocycles. The lowest BCUT2D eigenvalue weighted by Crippen LogP contribution is -2.62. The van der Waals surface area contributed by atoms with Crippen molar-refractivity contribution in [2.45, 2.75) is 68.0 Å². The van der Waals surface area contributed by atoms with Gasteiger partial charge in [-0.15, -0.1) is 0 Å². The molecular formula is C21H32O14. The van der Waals surface area contributed by atoms with Gasteiger partial charge in [0.1, 0.15) is 48.8 Å². The number of hydrogen-bond acceptors (Lipinski definition) is 14. The van der Waals surface area contributed by atoms with E-state index in [0.29, 0.717) is 5.56 Å². The maximum absolute atomic E-state index is 10.4. The lowest BCUT2D eigenvalue weighted by Gasteiger charge is -2.42. The topological polar surface area (TPSA) is 217 Å². The standard InChI is InChI=1S/C21H32O14/c1-30-9-3-8(5-22)4-10(31-2)19(9)35-21-18(29)16(27)14(25)12(34-21)7-32-20-17(28)15(26)13(24)11(6-23)33-20/h3-4,11-18,20-29H,5-7H2,1-2H3/t11-,12-,13-,14-,15+,16+,17-,18-,20-,21+/m1/s1. The minimum Gasteiger partial charge on any atom is -0.493 e. The SMILES string of the molecule is COc1cc(CO)cc(OC)c1O[C@@H]1O[C@H](CO[C@@H]2O[C@H](CO)[C@@H](O)[C@H](O)[C@H]2O)[C@@H](O)[C@H](O)[C@H]1O. The Bertz CT molecular complexity index is 796. The monoisotopic (exact) mass is 508 g/mol. The molecule has 2 saturated heterocycles. The predicted octanol–water partition coefficient (Wildman–Crippen LogP) is -3.80. The van der Waals surface area contributed by atoms with Gasteiger partial charge in [0, 0.05) is 0 Å². The summed E-state index contributed by atoms with van der Waals surface area (Å²) in [5.41, 5.74) is 0.456. The van der Waals surface area contributed by atoms with Crippen molar-refractivity contribution in [3.8, 4) is 17.2 Å². The molecule has 10 atom stereocenters. The van der Waals surface area contributed by atoms with E-state index in [4.69, 9.17) is 28.4 Å². The van der Waals surface area contributed by atoms with E-state index in [9.17, 15) is 40.9 Å². The molecule has 0 aliphatic carbocycles. The van der Waals surface area contributed by atoms with Crippen LogP contribution in [0, 0.1) is 0 Å². The van der Waals surface area contributed by atoms with E-state index < -0.39 is 74.6 Å². The Labute approximate surface area is 200 Å². The quantitative estimate of drug-likeness (QED) is 0.160. The van der Waals surface area contributed by atoms with Gasteiger partial charge in [-0.05, 0) is 17.7 Å². The van der Waals surface area contributed by atoms with Gasteiger partial charge >= 0.3 is 0 Å². The maximum Gasteiger partial charge on any atom is 0.229 e. The Kier molecular flexibility index (Phi) is 9.47. The maximum atomic E-state index is 10.4. The predicted molar refractivity (Wildman–Crippen MR) is 112 cm³/mol. The van der Waals surface area contributed by atoms with Gasteiger partial charge in [-0.2, -0.15) is 0 Å². The van der Waals surface area contributed by atoms with Gasteiger partial charge in [0.05, 0.1) is 34.0 Å². The molecule has 0 aromatic heterocycles. The first kappa shape index (κ1) is 27.8. The molecule has 14 nitrogen and oxygen atoms in total. The van der Waals surface area contributed by atoms with Crippen LogP contribution >= 0.6 is 0 Å². The Hall–Kier alpha value is -1.82. The summed E-state index contributed by atoms with van der Waals surface area (Å²) in [4.78, 5) is 0. The van der Waals surface area contributed by atoms with Crippen LogP contribution in [0.4, 0.5) is 0 Å². The molecule has 2 aliphatic rings. The lowest BCUT2D eigenvalue weighted by atomic mass is 9.98. The number of benzene rings is 1. The number of hydrogen-bond donors (Lipinski definition) is 8. The molecule has 35 heavy (non-hydrogen) atoms. The highest BCUT2D eigenvalue weighted by Gasteiger charge is 2.48. The second-order valence-electron chi connectivity index (χ2n) is 8.15. The van der Waals surface area contributed by atoms with Crippen LogP contribution in [0.1, 0.15) is 5.56 Å². The van der Waals surface area contributed by atoms with Gasteiger partial charge < -0.3 is 69.3 Å². The average Bonchev–Trinajstić information content (AvgIpc) is 2.87. The third-order valence-electron chi connectivity index (χ3n) is 5.88. The summed E-state index contributed by atoms with van der Waals surface area (Å²) < 4.78 is 32.5. The number of aliphatic hydroxyl groups is 8. The summed E-state index contributed by atoms with van der Waals surface area (Å²) in [5, 5.41) is 79.7. The van der Waals surface area contributed by atoms with E-state index >= 15 is 0 Å². The third-order valence-corrected chi connectivity index (χ3v) is 5.88. The van der Waals surface area contributed by atoms with E-state index in [1.165, 1.54) is 26.4 Å².